The molecule has 2 heterocycles. The fourth-order valence-electron chi connectivity index (χ4n) is 3.07. The smallest absolute Gasteiger partial charge is 0.300 e. The first kappa shape index (κ1) is 22.9. The number of carboxylic acids is 1. The van der Waals surface area contributed by atoms with Crippen LogP contribution in [0.25, 0.3) is 0 Å². The molecule has 2 aromatic rings. The van der Waals surface area contributed by atoms with E-state index in [1.54, 1.807) is 6.92 Å². The molecule has 10 heteroatoms. The topological polar surface area (TPSA) is 138 Å². The first-order chi connectivity index (χ1) is 13.8. The molecule has 2 atom stereocenters. The standard InChI is InChI=1S/C17H22N4O3S.C2H4O2/c1-12-19-16(24-21-12)11-25-10-15(23)20-17(7-8-18-9-14(17)22)13-5-3-2-4-6-13;1-2(3)4/h2-6,14,18,22H,7-11H2,1H3,(H,20,23);1H3,(H,3,4)/t14-,17-;/m1./s1. The van der Waals surface area contributed by atoms with Crippen LogP contribution in [0.1, 0.15) is 30.6 Å². The van der Waals surface area contributed by atoms with Crippen molar-refractivity contribution < 1.29 is 24.3 Å². The molecule has 0 saturated carbocycles. The van der Waals surface area contributed by atoms with Crippen LogP contribution < -0.4 is 10.6 Å². The van der Waals surface area contributed by atoms with Crippen molar-refractivity contribution in [2.45, 2.75) is 37.7 Å². The quantitative estimate of drug-likeness (QED) is 0.538. The Labute approximate surface area is 173 Å². The van der Waals surface area contributed by atoms with Crippen LogP contribution in [0, 0.1) is 6.92 Å². The number of hydrogen-bond acceptors (Lipinski definition) is 8. The van der Waals surface area contributed by atoms with Gasteiger partial charge in [0.1, 0.15) is 0 Å². The second kappa shape index (κ2) is 10.9. The Morgan fingerprint density at radius 1 is 1.38 bits per heavy atom. The fraction of sp³-hybridized carbons (Fsp3) is 0.474. The van der Waals surface area contributed by atoms with E-state index in [0.29, 0.717) is 30.4 Å². The summed E-state index contributed by atoms with van der Waals surface area (Å²) in [6.07, 6.45) is -0.0477. The number of aliphatic carboxylic acids is 1. The van der Waals surface area contributed by atoms with Crippen molar-refractivity contribution in [3.05, 3.63) is 47.6 Å². The highest BCUT2D eigenvalue weighted by Crippen LogP contribution is 2.31. The zero-order chi connectivity index (χ0) is 21.3. The number of carboxylic acid groups (broad SMARTS) is 1. The number of aryl methyl sites for hydroxylation is 1. The number of aromatic nitrogens is 2. The van der Waals surface area contributed by atoms with Crippen LogP contribution in [-0.2, 0) is 20.9 Å². The van der Waals surface area contributed by atoms with Crippen molar-refractivity contribution in [1.82, 2.24) is 20.8 Å². The number of amides is 1. The minimum Gasteiger partial charge on any atom is -0.481 e. The molecule has 0 bridgehead atoms. The van der Waals surface area contributed by atoms with Crippen molar-refractivity contribution in [1.29, 1.82) is 0 Å². The van der Waals surface area contributed by atoms with Crippen LogP contribution >= 0.6 is 11.8 Å². The monoisotopic (exact) mass is 422 g/mol. The predicted molar refractivity (Wildman–Crippen MR) is 108 cm³/mol. The molecule has 29 heavy (non-hydrogen) atoms. The fourth-order valence-corrected chi connectivity index (χ4v) is 3.72. The largest absolute Gasteiger partial charge is 0.481 e. The van der Waals surface area contributed by atoms with Crippen molar-refractivity contribution in [3.8, 4) is 0 Å². The second-order valence-electron chi connectivity index (χ2n) is 6.60. The zero-order valence-electron chi connectivity index (χ0n) is 16.4. The van der Waals surface area contributed by atoms with Gasteiger partial charge in [0.05, 0.1) is 23.1 Å². The number of hydrogen-bond donors (Lipinski definition) is 4. The average Bonchev–Trinajstić information content (AvgIpc) is 3.09. The van der Waals surface area contributed by atoms with E-state index in [0.717, 1.165) is 19.0 Å². The number of β-amino-alcohol motifs (C(OH)–C–C–N with tert-alkyl or cyclic N) is 1. The maximum atomic E-state index is 12.5. The van der Waals surface area contributed by atoms with Gasteiger partial charge < -0.3 is 25.4 Å². The molecule has 4 N–H and O–H groups in total. The molecule has 0 aliphatic carbocycles. The van der Waals surface area contributed by atoms with E-state index in [9.17, 15) is 9.90 Å². The maximum Gasteiger partial charge on any atom is 0.300 e. The molecule has 0 radical (unpaired) electrons. The average molecular weight is 423 g/mol. The predicted octanol–water partition coefficient (Wildman–Crippen LogP) is 1.07. The summed E-state index contributed by atoms with van der Waals surface area (Å²) in [5.41, 5.74) is 0.167. The Morgan fingerprint density at radius 3 is 2.66 bits per heavy atom. The molecule has 158 valence electrons. The summed E-state index contributed by atoms with van der Waals surface area (Å²) in [6, 6.07) is 9.66. The van der Waals surface area contributed by atoms with Gasteiger partial charge in [0.25, 0.3) is 5.97 Å². The number of nitrogens with one attached hydrogen (secondary N) is 2. The van der Waals surface area contributed by atoms with E-state index >= 15 is 0 Å². The molecule has 9 nitrogen and oxygen atoms in total. The normalized spacial score (nSPS) is 21.0. The molecule has 0 unspecified atom stereocenters. The summed E-state index contributed by atoms with van der Waals surface area (Å²) < 4.78 is 5.04. The molecule has 0 spiro atoms. The molecule has 1 aromatic heterocycles. The Kier molecular flexibility index (Phi) is 8.62. The Morgan fingerprint density at radius 2 is 2.07 bits per heavy atom. The van der Waals surface area contributed by atoms with Gasteiger partial charge in [-0.1, -0.05) is 35.5 Å². The number of thioether (sulfide) groups is 1. The third kappa shape index (κ3) is 6.84. The van der Waals surface area contributed by atoms with E-state index in [1.165, 1.54) is 11.8 Å². The number of aliphatic hydroxyl groups is 1. The minimum atomic E-state index is -0.833. The SMILES string of the molecule is CC(=O)O.Cc1noc(CSCC(=O)N[C@@]2(c3ccccc3)CCNC[C@H]2O)n1. The molecule has 1 aromatic carbocycles. The van der Waals surface area contributed by atoms with Gasteiger partial charge in [0, 0.05) is 13.5 Å². The number of nitrogens with zero attached hydrogens (tertiary/aromatic N) is 2. The van der Waals surface area contributed by atoms with E-state index in [2.05, 4.69) is 20.8 Å². The lowest BCUT2D eigenvalue weighted by Crippen LogP contribution is -2.61. The van der Waals surface area contributed by atoms with E-state index in [1.807, 2.05) is 30.3 Å². The van der Waals surface area contributed by atoms with Crippen LogP contribution in [-0.4, -0.2) is 57.2 Å². The number of piperidine rings is 1. The van der Waals surface area contributed by atoms with Gasteiger partial charge in [-0.05, 0) is 25.5 Å². The van der Waals surface area contributed by atoms with Crippen LogP contribution in [0.3, 0.4) is 0 Å². The van der Waals surface area contributed by atoms with E-state index in [4.69, 9.17) is 14.4 Å². The van der Waals surface area contributed by atoms with Gasteiger partial charge in [-0.15, -0.1) is 11.8 Å². The van der Waals surface area contributed by atoms with E-state index < -0.39 is 17.6 Å². The first-order valence-electron chi connectivity index (χ1n) is 9.15. The maximum absolute atomic E-state index is 12.5. The summed E-state index contributed by atoms with van der Waals surface area (Å²) in [5, 5.41) is 28.0. The Balaban J connectivity index is 0.000000687. The summed E-state index contributed by atoms with van der Waals surface area (Å²) >= 11 is 1.41. The highest BCUT2D eigenvalue weighted by molar-refractivity contribution is 7.99. The summed E-state index contributed by atoms with van der Waals surface area (Å²) in [7, 11) is 0. The number of aliphatic hydroxyl groups excluding tert-OH is 1. The van der Waals surface area contributed by atoms with Gasteiger partial charge in [-0.3, -0.25) is 9.59 Å². The molecular weight excluding hydrogens is 396 g/mol. The zero-order valence-corrected chi connectivity index (χ0v) is 17.2. The molecular formula is C19H26N4O5S. The lowest BCUT2D eigenvalue weighted by atomic mass is 9.79. The first-order valence-corrected chi connectivity index (χ1v) is 10.3. The van der Waals surface area contributed by atoms with Crippen molar-refractivity contribution in [2.75, 3.05) is 18.8 Å². The molecule has 1 aliphatic heterocycles. The Bertz CT molecular complexity index is 797. The lowest BCUT2D eigenvalue weighted by molar-refractivity contribution is -0.134. The molecule has 1 saturated heterocycles. The van der Waals surface area contributed by atoms with Crippen molar-refractivity contribution >= 4 is 23.6 Å². The van der Waals surface area contributed by atoms with Crippen LogP contribution in [0.15, 0.2) is 34.9 Å². The lowest BCUT2D eigenvalue weighted by Gasteiger charge is -2.43. The highest BCUT2D eigenvalue weighted by atomic mass is 32.2. The summed E-state index contributed by atoms with van der Waals surface area (Å²) in [4.78, 5) is 25.6. The summed E-state index contributed by atoms with van der Waals surface area (Å²) in [5.74, 6) is 0.884. The van der Waals surface area contributed by atoms with Gasteiger partial charge in [-0.25, -0.2) is 0 Å². The van der Waals surface area contributed by atoms with E-state index in [-0.39, 0.29) is 11.7 Å². The van der Waals surface area contributed by atoms with Gasteiger partial charge in [0.15, 0.2) is 5.82 Å². The third-order valence-electron chi connectivity index (χ3n) is 4.28. The number of carbonyl (C=O) groups is 2. The molecule has 1 aliphatic rings. The second-order valence-corrected chi connectivity index (χ2v) is 7.59. The summed E-state index contributed by atoms with van der Waals surface area (Å²) in [6.45, 7) is 4.02. The number of benzene rings is 1. The third-order valence-corrected chi connectivity index (χ3v) is 5.20. The van der Waals surface area contributed by atoms with Crippen LogP contribution in [0.5, 0.6) is 0 Å². The number of rotatable bonds is 6. The minimum absolute atomic E-state index is 0.119. The van der Waals surface area contributed by atoms with Gasteiger partial charge >= 0.3 is 0 Å². The molecule has 3 rings (SSSR count). The van der Waals surface area contributed by atoms with Crippen LogP contribution in [0.4, 0.5) is 0 Å². The van der Waals surface area contributed by atoms with Crippen molar-refractivity contribution in [2.24, 2.45) is 0 Å². The van der Waals surface area contributed by atoms with Gasteiger partial charge in [0.2, 0.25) is 11.8 Å². The van der Waals surface area contributed by atoms with Crippen LogP contribution in [0.2, 0.25) is 0 Å². The number of carbonyl (C=O) groups excluding carboxylic acids is 1. The molecule has 1 amide bonds. The van der Waals surface area contributed by atoms with Crippen molar-refractivity contribution in [3.63, 3.8) is 0 Å². The molecule has 1 fully saturated rings. The van der Waals surface area contributed by atoms with Gasteiger partial charge in [-0.2, -0.15) is 4.98 Å². The Hall–Kier alpha value is -2.43. The highest BCUT2D eigenvalue weighted by Gasteiger charge is 2.42.